The molecule has 0 unspecified atom stereocenters. The van der Waals surface area contributed by atoms with Crippen molar-refractivity contribution in [3.8, 4) is 11.5 Å². The second kappa shape index (κ2) is 9.63. The van der Waals surface area contributed by atoms with Crippen molar-refractivity contribution < 1.29 is 0 Å². The molecule has 0 saturated heterocycles. The van der Waals surface area contributed by atoms with Crippen LogP contribution in [0.4, 0.5) is 0 Å². The van der Waals surface area contributed by atoms with Crippen LogP contribution in [0.15, 0.2) is 59.9 Å². The van der Waals surface area contributed by atoms with E-state index < -0.39 is 0 Å². The van der Waals surface area contributed by atoms with Crippen LogP contribution < -0.4 is 0 Å². The molecule has 0 aliphatic rings. The molecular formula is C19H22N4S2. The molecule has 0 amide bonds. The molecule has 130 valence electrons. The number of hydrogen-bond acceptors (Lipinski definition) is 5. The summed E-state index contributed by atoms with van der Waals surface area (Å²) in [5.74, 6) is 4.15. The first-order valence-corrected chi connectivity index (χ1v) is 10.6. The third kappa shape index (κ3) is 5.09. The quantitative estimate of drug-likeness (QED) is 0.401. The first-order valence-electron chi connectivity index (χ1n) is 8.47. The second-order valence-electron chi connectivity index (χ2n) is 5.51. The van der Waals surface area contributed by atoms with Gasteiger partial charge in [0.25, 0.3) is 0 Å². The number of pyridine rings is 1. The molecule has 0 radical (unpaired) electrons. The van der Waals surface area contributed by atoms with Gasteiger partial charge in [-0.2, -0.15) is 11.8 Å². The zero-order valence-electron chi connectivity index (χ0n) is 14.3. The Morgan fingerprint density at radius 3 is 2.56 bits per heavy atom. The van der Waals surface area contributed by atoms with E-state index in [-0.39, 0.29) is 0 Å². The summed E-state index contributed by atoms with van der Waals surface area (Å²) in [6.07, 6.45) is 2.96. The van der Waals surface area contributed by atoms with Crippen LogP contribution in [0.3, 0.4) is 0 Å². The molecule has 0 N–H and O–H groups in total. The molecule has 2 aromatic heterocycles. The smallest absolute Gasteiger partial charge is 0.191 e. The standard InChI is InChI=1S/C19H22N4S2/c1-2-23-18(17-11-6-7-12-20-17)21-22-19(23)25-14-8-13-24-15-16-9-4-3-5-10-16/h3-7,9-12H,2,8,13-15H2,1H3. The second-order valence-corrected chi connectivity index (χ2v) is 7.67. The third-order valence-electron chi connectivity index (χ3n) is 3.70. The van der Waals surface area contributed by atoms with E-state index in [1.807, 2.05) is 30.0 Å². The molecule has 0 fully saturated rings. The zero-order valence-corrected chi connectivity index (χ0v) is 16.0. The zero-order chi connectivity index (χ0) is 17.3. The molecular weight excluding hydrogens is 348 g/mol. The lowest BCUT2D eigenvalue weighted by Gasteiger charge is -2.06. The van der Waals surface area contributed by atoms with Crippen LogP contribution in [0.2, 0.25) is 0 Å². The molecule has 0 bridgehead atoms. The van der Waals surface area contributed by atoms with E-state index in [2.05, 4.69) is 57.0 Å². The summed E-state index contributed by atoms with van der Waals surface area (Å²) in [5, 5.41) is 9.68. The molecule has 3 rings (SSSR count). The molecule has 3 aromatic rings. The Labute approximate surface area is 157 Å². The number of benzene rings is 1. The minimum absolute atomic E-state index is 0.851. The van der Waals surface area contributed by atoms with E-state index in [1.54, 1.807) is 18.0 Å². The first-order chi connectivity index (χ1) is 12.4. The van der Waals surface area contributed by atoms with Gasteiger partial charge in [-0.3, -0.25) is 4.98 Å². The average Bonchev–Trinajstić information content (AvgIpc) is 3.09. The fourth-order valence-electron chi connectivity index (χ4n) is 2.45. The van der Waals surface area contributed by atoms with Crippen LogP contribution in [-0.2, 0) is 12.3 Å². The molecule has 0 saturated carbocycles. The van der Waals surface area contributed by atoms with Gasteiger partial charge < -0.3 is 4.57 Å². The average molecular weight is 371 g/mol. The summed E-state index contributed by atoms with van der Waals surface area (Å²) in [4.78, 5) is 4.38. The summed E-state index contributed by atoms with van der Waals surface area (Å²) < 4.78 is 2.14. The summed E-state index contributed by atoms with van der Waals surface area (Å²) >= 11 is 3.77. The number of aromatic nitrogens is 4. The Bertz CT molecular complexity index is 760. The number of hydrogen-bond donors (Lipinski definition) is 0. The SMILES string of the molecule is CCn1c(SCCCSCc2ccccc2)nnc1-c1ccccn1. The lowest BCUT2D eigenvalue weighted by atomic mass is 10.2. The lowest BCUT2D eigenvalue weighted by Crippen LogP contribution is -2.01. The third-order valence-corrected chi connectivity index (χ3v) is 5.87. The monoisotopic (exact) mass is 370 g/mol. The Hall–Kier alpha value is -1.79. The fraction of sp³-hybridized carbons (Fsp3) is 0.316. The van der Waals surface area contributed by atoms with E-state index in [9.17, 15) is 0 Å². The molecule has 4 nitrogen and oxygen atoms in total. The van der Waals surface area contributed by atoms with Crippen LogP contribution in [0.1, 0.15) is 18.9 Å². The molecule has 6 heteroatoms. The predicted octanol–water partition coefficient (Wildman–Crippen LogP) is 4.78. The van der Waals surface area contributed by atoms with Crippen molar-refractivity contribution in [1.29, 1.82) is 0 Å². The minimum Gasteiger partial charge on any atom is -0.301 e. The predicted molar refractivity (Wildman–Crippen MR) is 107 cm³/mol. The minimum atomic E-state index is 0.851. The van der Waals surface area contributed by atoms with Crippen molar-refractivity contribution in [2.24, 2.45) is 0 Å². The van der Waals surface area contributed by atoms with Gasteiger partial charge in [-0.15, -0.1) is 10.2 Å². The van der Waals surface area contributed by atoms with Gasteiger partial charge in [0.15, 0.2) is 11.0 Å². The lowest BCUT2D eigenvalue weighted by molar-refractivity contribution is 0.686. The van der Waals surface area contributed by atoms with Crippen LogP contribution in [0, 0.1) is 0 Å². The van der Waals surface area contributed by atoms with Crippen molar-refractivity contribution in [3.63, 3.8) is 0 Å². The van der Waals surface area contributed by atoms with Crippen molar-refractivity contribution in [1.82, 2.24) is 19.7 Å². The molecule has 0 atom stereocenters. The highest BCUT2D eigenvalue weighted by molar-refractivity contribution is 7.99. The maximum atomic E-state index is 4.38. The highest BCUT2D eigenvalue weighted by Crippen LogP contribution is 2.23. The van der Waals surface area contributed by atoms with Crippen LogP contribution in [-0.4, -0.2) is 31.3 Å². The fourth-order valence-corrected chi connectivity index (χ4v) is 4.50. The maximum absolute atomic E-state index is 4.38. The molecule has 1 aromatic carbocycles. The molecule has 2 heterocycles. The number of nitrogens with zero attached hydrogens (tertiary/aromatic N) is 4. The first kappa shape index (κ1) is 18.0. The van der Waals surface area contributed by atoms with Crippen molar-refractivity contribution in [2.75, 3.05) is 11.5 Å². The summed E-state index contributed by atoms with van der Waals surface area (Å²) in [7, 11) is 0. The highest BCUT2D eigenvalue weighted by atomic mass is 32.2. The Kier molecular flexibility index (Phi) is 6.94. The Balaban J connectivity index is 1.46. The van der Waals surface area contributed by atoms with E-state index in [4.69, 9.17) is 0 Å². The van der Waals surface area contributed by atoms with Gasteiger partial charge in [0.05, 0.1) is 0 Å². The van der Waals surface area contributed by atoms with Crippen molar-refractivity contribution in [2.45, 2.75) is 30.8 Å². The number of rotatable bonds is 9. The Morgan fingerprint density at radius 1 is 0.960 bits per heavy atom. The van der Waals surface area contributed by atoms with Gasteiger partial charge >= 0.3 is 0 Å². The van der Waals surface area contributed by atoms with Gasteiger partial charge in [0.1, 0.15) is 5.69 Å². The summed E-state index contributed by atoms with van der Waals surface area (Å²) in [6, 6.07) is 16.5. The van der Waals surface area contributed by atoms with Crippen molar-refractivity contribution in [3.05, 3.63) is 60.3 Å². The molecule has 0 aliphatic heterocycles. The highest BCUT2D eigenvalue weighted by Gasteiger charge is 2.13. The van der Waals surface area contributed by atoms with E-state index >= 15 is 0 Å². The van der Waals surface area contributed by atoms with Crippen molar-refractivity contribution >= 4 is 23.5 Å². The van der Waals surface area contributed by atoms with E-state index in [0.29, 0.717) is 0 Å². The van der Waals surface area contributed by atoms with Crippen LogP contribution in [0.5, 0.6) is 0 Å². The van der Waals surface area contributed by atoms with E-state index in [1.165, 1.54) is 5.56 Å². The summed E-state index contributed by atoms with van der Waals surface area (Å²) in [6.45, 7) is 2.97. The van der Waals surface area contributed by atoms with Gasteiger partial charge in [0.2, 0.25) is 0 Å². The topological polar surface area (TPSA) is 43.6 Å². The van der Waals surface area contributed by atoms with Gasteiger partial charge in [-0.1, -0.05) is 48.2 Å². The Morgan fingerprint density at radius 2 is 1.80 bits per heavy atom. The normalized spacial score (nSPS) is 10.9. The van der Waals surface area contributed by atoms with Crippen LogP contribution in [0.25, 0.3) is 11.5 Å². The summed E-state index contributed by atoms with van der Waals surface area (Å²) in [5.41, 5.74) is 2.27. The van der Waals surface area contributed by atoms with Gasteiger partial charge in [-0.05, 0) is 36.8 Å². The van der Waals surface area contributed by atoms with Gasteiger partial charge in [-0.25, -0.2) is 0 Å². The molecule has 25 heavy (non-hydrogen) atoms. The molecule has 0 spiro atoms. The van der Waals surface area contributed by atoms with E-state index in [0.717, 1.165) is 46.9 Å². The van der Waals surface area contributed by atoms with Crippen LogP contribution >= 0.6 is 23.5 Å². The largest absolute Gasteiger partial charge is 0.301 e. The van der Waals surface area contributed by atoms with Gasteiger partial charge in [0, 0.05) is 24.2 Å². The molecule has 0 aliphatic carbocycles. The maximum Gasteiger partial charge on any atom is 0.191 e. The number of thioether (sulfide) groups is 2.